The van der Waals surface area contributed by atoms with Crippen LogP contribution in [0.5, 0.6) is 0 Å². The first kappa shape index (κ1) is 19.8. The summed E-state index contributed by atoms with van der Waals surface area (Å²) >= 11 is 0. The summed E-state index contributed by atoms with van der Waals surface area (Å²) in [6.45, 7) is 6.00. The van der Waals surface area contributed by atoms with E-state index in [-0.39, 0.29) is 5.92 Å². The zero-order chi connectivity index (χ0) is 20.4. The lowest BCUT2D eigenvalue weighted by atomic mass is 9.83. The van der Waals surface area contributed by atoms with E-state index in [4.69, 9.17) is 4.98 Å². The second kappa shape index (κ2) is 8.51. The number of halogens is 1. The Hall–Kier alpha value is -2.45. The lowest BCUT2D eigenvalue weighted by molar-refractivity contribution is 0.251. The minimum Gasteiger partial charge on any atom is -0.306 e. The van der Waals surface area contributed by atoms with E-state index in [1.165, 1.54) is 25.8 Å². The summed E-state index contributed by atoms with van der Waals surface area (Å²) in [6.07, 6.45) is 11.6. The fourth-order valence-corrected chi connectivity index (χ4v) is 4.82. The highest BCUT2D eigenvalue weighted by atomic mass is 19.1. The van der Waals surface area contributed by atoms with Crippen LogP contribution in [0.3, 0.4) is 0 Å². The first-order valence-corrected chi connectivity index (χ1v) is 10.7. The van der Waals surface area contributed by atoms with Crippen molar-refractivity contribution in [2.45, 2.75) is 52.0 Å². The van der Waals surface area contributed by atoms with Crippen molar-refractivity contribution in [3.8, 4) is 6.07 Å². The zero-order valence-corrected chi connectivity index (χ0v) is 17.4. The number of fused-ring (bicyclic) bond motifs is 1. The van der Waals surface area contributed by atoms with E-state index < -0.39 is 6.67 Å². The number of likely N-dealkylation sites (tertiary alicyclic amines) is 1. The Kier molecular flexibility index (Phi) is 5.82. The average molecular weight is 393 g/mol. The Labute approximate surface area is 172 Å². The van der Waals surface area contributed by atoms with Crippen LogP contribution >= 0.6 is 0 Å². The quantitative estimate of drug-likeness (QED) is 0.698. The summed E-state index contributed by atoms with van der Waals surface area (Å²) in [5.41, 5.74) is 5.32. The fraction of sp³-hybridized carbons (Fsp3) is 0.500. The molecule has 5 heteroatoms. The van der Waals surface area contributed by atoms with Gasteiger partial charge in [0.2, 0.25) is 0 Å². The van der Waals surface area contributed by atoms with E-state index in [0.717, 1.165) is 47.9 Å². The van der Waals surface area contributed by atoms with Crippen molar-refractivity contribution in [2.75, 3.05) is 19.8 Å². The number of hydrogen-bond donors (Lipinski definition) is 0. The monoisotopic (exact) mass is 392 g/mol. The summed E-state index contributed by atoms with van der Waals surface area (Å²) in [6, 6.07) is 7.00. The highest BCUT2D eigenvalue weighted by Gasteiger charge is 2.23. The first-order chi connectivity index (χ1) is 14.1. The lowest BCUT2D eigenvalue weighted by Gasteiger charge is -2.22. The summed E-state index contributed by atoms with van der Waals surface area (Å²) in [5.74, 6) is 0.0515. The highest BCUT2D eigenvalue weighted by Crippen LogP contribution is 2.34. The Morgan fingerprint density at radius 1 is 1.31 bits per heavy atom. The maximum atomic E-state index is 13.3. The van der Waals surface area contributed by atoms with Gasteiger partial charge in [-0.1, -0.05) is 13.8 Å². The van der Waals surface area contributed by atoms with Crippen molar-refractivity contribution >= 4 is 11.2 Å². The molecule has 2 aromatic heterocycles. The van der Waals surface area contributed by atoms with Gasteiger partial charge in [-0.05, 0) is 73.1 Å². The number of nitrogens with zero attached hydrogens (tertiary/aromatic N) is 4. The maximum Gasteiger partial charge on any atom is 0.137 e. The van der Waals surface area contributed by atoms with E-state index in [1.807, 2.05) is 19.1 Å². The van der Waals surface area contributed by atoms with Gasteiger partial charge >= 0.3 is 0 Å². The van der Waals surface area contributed by atoms with Crippen LogP contribution < -0.4 is 0 Å². The Morgan fingerprint density at radius 2 is 2.17 bits per heavy atom. The third-order valence-electron chi connectivity index (χ3n) is 6.55. The van der Waals surface area contributed by atoms with Crippen LogP contribution in [0.1, 0.15) is 50.8 Å². The third-order valence-corrected chi connectivity index (χ3v) is 6.55. The largest absolute Gasteiger partial charge is 0.306 e. The van der Waals surface area contributed by atoms with Gasteiger partial charge in [0.15, 0.2) is 0 Å². The fourth-order valence-electron chi connectivity index (χ4n) is 4.82. The number of allylic oxidation sites excluding steroid dienone is 4. The molecule has 0 radical (unpaired) electrons. The molecule has 1 aliphatic heterocycles. The molecule has 0 N–H and O–H groups in total. The number of alkyl halides is 1. The second-order valence-electron chi connectivity index (χ2n) is 8.36. The summed E-state index contributed by atoms with van der Waals surface area (Å²) in [4.78, 5) is 7.39. The van der Waals surface area contributed by atoms with E-state index in [9.17, 15) is 9.65 Å². The van der Waals surface area contributed by atoms with Crippen LogP contribution in [0.4, 0.5) is 4.39 Å². The maximum absolute atomic E-state index is 13.3. The van der Waals surface area contributed by atoms with E-state index in [0.29, 0.717) is 11.1 Å². The molecule has 29 heavy (non-hydrogen) atoms. The van der Waals surface area contributed by atoms with Crippen molar-refractivity contribution in [1.82, 2.24) is 14.3 Å². The van der Waals surface area contributed by atoms with Crippen molar-refractivity contribution in [3.05, 3.63) is 53.0 Å². The van der Waals surface area contributed by atoms with E-state index in [2.05, 4.69) is 40.8 Å². The molecule has 3 heterocycles. The highest BCUT2D eigenvalue weighted by molar-refractivity contribution is 5.73. The van der Waals surface area contributed by atoms with Gasteiger partial charge < -0.3 is 9.30 Å². The van der Waals surface area contributed by atoms with E-state index in [1.54, 1.807) is 0 Å². The Bertz CT molecular complexity index is 994. The van der Waals surface area contributed by atoms with Crippen molar-refractivity contribution in [2.24, 2.45) is 5.92 Å². The molecular formula is C24H29FN4. The van der Waals surface area contributed by atoms with Crippen molar-refractivity contribution < 1.29 is 4.39 Å². The van der Waals surface area contributed by atoms with Crippen LogP contribution in [-0.2, 0) is 6.42 Å². The predicted molar refractivity (Wildman–Crippen MR) is 114 cm³/mol. The number of hydrogen-bond acceptors (Lipinski definition) is 3. The normalized spacial score (nSPS) is 22.9. The SMILES string of the molecule is CCC1CCCN1CCc1cn2cc(C3=CC(C#N)=C(CF)C(C)C3)ccc2n1. The van der Waals surface area contributed by atoms with Gasteiger partial charge in [-0.2, -0.15) is 5.26 Å². The number of rotatable bonds is 6. The van der Waals surface area contributed by atoms with Crippen LogP contribution in [0.15, 0.2) is 41.7 Å². The average Bonchev–Trinajstić information content (AvgIpc) is 3.36. The molecular weight excluding hydrogens is 363 g/mol. The molecule has 0 saturated carbocycles. The van der Waals surface area contributed by atoms with Gasteiger partial charge in [-0.15, -0.1) is 0 Å². The molecule has 0 aromatic carbocycles. The third kappa shape index (κ3) is 4.00. The molecule has 0 bridgehead atoms. The minimum atomic E-state index is -0.548. The standard InChI is InChI=1S/C24H29FN4/c1-3-22-5-4-9-28(22)10-8-21-16-29-15-18(6-7-24(29)27-21)19-11-17(2)23(13-25)20(12-19)14-26/h6-7,12,15-17,22H,3-5,8-11,13H2,1-2H3. The van der Waals surface area contributed by atoms with Crippen LogP contribution in [0.25, 0.3) is 11.2 Å². The molecule has 4 nitrogen and oxygen atoms in total. The summed E-state index contributed by atoms with van der Waals surface area (Å²) < 4.78 is 15.4. The van der Waals surface area contributed by atoms with Gasteiger partial charge in [-0.3, -0.25) is 0 Å². The van der Waals surface area contributed by atoms with Crippen molar-refractivity contribution in [1.29, 1.82) is 5.26 Å². The van der Waals surface area contributed by atoms with Gasteiger partial charge in [0.25, 0.3) is 0 Å². The van der Waals surface area contributed by atoms with Crippen LogP contribution in [0, 0.1) is 17.2 Å². The molecule has 152 valence electrons. The second-order valence-corrected chi connectivity index (χ2v) is 8.36. The molecule has 0 amide bonds. The Balaban J connectivity index is 1.54. The lowest BCUT2D eigenvalue weighted by Crippen LogP contribution is -2.30. The molecule has 1 aliphatic carbocycles. The predicted octanol–water partition coefficient (Wildman–Crippen LogP) is 4.96. The van der Waals surface area contributed by atoms with Crippen LogP contribution in [-0.4, -0.2) is 40.1 Å². The van der Waals surface area contributed by atoms with Crippen LogP contribution in [0.2, 0.25) is 0 Å². The number of nitriles is 1. The minimum absolute atomic E-state index is 0.0515. The Morgan fingerprint density at radius 3 is 2.93 bits per heavy atom. The number of imidazole rings is 1. The van der Waals surface area contributed by atoms with Gasteiger partial charge in [0.05, 0.1) is 17.3 Å². The summed E-state index contributed by atoms with van der Waals surface area (Å²) in [7, 11) is 0. The molecule has 4 rings (SSSR count). The molecule has 2 aromatic rings. The van der Waals surface area contributed by atoms with Crippen molar-refractivity contribution in [3.63, 3.8) is 0 Å². The molecule has 2 aliphatic rings. The topological polar surface area (TPSA) is 44.3 Å². The van der Waals surface area contributed by atoms with Gasteiger partial charge in [0, 0.05) is 31.4 Å². The van der Waals surface area contributed by atoms with E-state index >= 15 is 0 Å². The molecule has 2 atom stereocenters. The number of aromatic nitrogens is 2. The molecule has 1 fully saturated rings. The molecule has 1 saturated heterocycles. The van der Waals surface area contributed by atoms with Gasteiger partial charge in [-0.25, -0.2) is 9.37 Å². The zero-order valence-electron chi connectivity index (χ0n) is 17.4. The number of pyridine rings is 1. The van der Waals surface area contributed by atoms with Gasteiger partial charge in [0.1, 0.15) is 12.3 Å². The molecule has 2 unspecified atom stereocenters. The molecule has 0 spiro atoms. The smallest absolute Gasteiger partial charge is 0.137 e. The first-order valence-electron chi connectivity index (χ1n) is 10.7. The summed E-state index contributed by atoms with van der Waals surface area (Å²) in [5, 5.41) is 9.40.